The molecule has 4 rings (SSSR count). The van der Waals surface area contributed by atoms with Crippen LogP contribution in [0.4, 0.5) is 29.2 Å². The van der Waals surface area contributed by atoms with Crippen LogP contribution in [0.1, 0.15) is 44.6 Å². The van der Waals surface area contributed by atoms with Crippen LogP contribution in [0.2, 0.25) is 0 Å². The molecule has 1 aliphatic rings. The molecule has 0 unspecified atom stereocenters. The highest BCUT2D eigenvalue weighted by Crippen LogP contribution is 2.28. The number of pyridine rings is 1. The molecule has 1 aliphatic carbocycles. The third-order valence-electron chi connectivity index (χ3n) is 6.09. The Morgan fingerprint density at radius 3 is 2.38 bits per heavy atom. The monoisotopic (exact) mass is 586 g/mol. The predicted molar refractivity (Wildman–Crippen MR) is 143 cm³/mol. The van der Waals surface area contributed by atoms with Gasteiger partial charge in [0.25, 0.3) is 0 Å². The summed E-state index contributed by atoms with van der Waals surface area (Å²) in [4.78, 5) is 22.6. The fraction of sp³-hybridized carbons (Fsp3) is 0.440. The molecule has 218 valence electrons. The number of aryl methyl sites for hydroxylation is 1. The number of carboxylic acid groups (broad SMARTS) is 1. The van der Waals surface area contributed by atoms with Crippen LogP contribution in [0, 0.1) is 12.7 Å². The van der Waals surface area contributed by atoms with E-state index in [9.17, 15) is 26.0 Å². The number of hydrogen-bond donors (Lipinski definition) is 4. The topological polar surface area (TPSA) is 160 Å². The first-order valence-corrected chi connectivity index (χ1v) is 14.1. The number of nitrogens with zero attached hydrogens (tertiary/aromatic N) is 3. The largest absolute Gasteiger partial charge is 0.490 e. The Morgan fingerprint density at radius 1 is 1.15 bits per heavy atom. The van der Waals surface area contributed by atoms with Crippen LogP contribution in [0.25, 0.3) is 22.3 Å². The Bertz CT molecular complexity index is 1460. The van der Waals surface area contributed by atoms with Gasteiger partial charge in [-0.2, -0.15) is 13.2 Å². The number of nitrogens with one attached hydrogen (secondary N) is 2. The molecule has 2 heterocycles. The minimum atomic E-state index is -5.08. The fourth-order valence-corrected chi connectivity index (χ4v) is 5.23. The summed E-state index contributed by atoms with van der Waals surface area (Å²) < 4.78 is 72.6. The zero-order chi connectivity index (χ0) is 29.7. The van der Waals surface area contributed by atoms with Crippen LogP contribution in [-0.2, 0) is 14.8 Å². The number of aromatic nitrogens is 3. The summed E-state index contributed by atoms with van der Waals surface area (Å²) in [6, 6.07) is 6.77. The lowest BCUT2D eigenvalue weighted by Crippen LogP contribution is -2.33. The zero-order valence-corrected chi connectivity index (χ0v) is 22.6. The van der Waals surface area contributed by atoms with E-state index >= 15 is 0 Å². The van der Waals surface area contributed by atoms with Crippen LogP contribution in [0.15, 0.2) is 30.5 Å². The van der Waals surface area contributed by atoms with Crippen molar-refractivity contribution in [2.75, 3.05) is 15.8 Å². The van der Waals surface area contributed by atoms with Gasteiger partial charge in [-0.1, -0.05) is 13.0 Å². The third-order valence-corrected chi connectivity index (χ3v) is 7.56. The third kappa shape index (κ3) is 8.45. The summed E-state index contributed by atoms with van der Waals surface area (Å²) in [7, 11) is -3.57. The molecule has 0 radical (unpaired) electrons. The molecule has 1 saturated carbocycles. The molecule has 1 aromatic carbocycles. The van der Waals surface area contributed by atoms with E-state index in [1.165, 1.54) is 12.1 Å². The summed E-state index contributed by atoms with van der Waals surface area (Å²) in [6.45, 7) is 3.68. The fourth-order valence-electron chi connectivity index (χ4n) is 4.09. The Hall–Kier alpha value is -3.59. The summed E-state index contributed by atoms with van der Waals surface area (Å²) in [6.07, 6.45) is 1.00. The first-order valence-electron chi connectivity index (χ1n) is 12.5. The van der Waals surface area contributed by atoms with Crippen molar-refractivity contribution in [1.82, 2.24) is 15.0 Å². The van der Waals surface area contributed by atoms with Gasteiger partial charge in [-0.15, -0.1) is 0 Å². The molecular weight excluding hydrogens is 556 g/mol. The van der Waals surface area contributed by atoms with Crippen LogP contribution >= 0.6 is 0 Å². The molecule has 10 nitrogen and oxygen atoms in total. The van der Waals surface area contributed by atoms with Crippen molar-refractivity contribution in [3.8, 4) is 11.3 Å². The summed E-state index contributed by atoms with van der Waals surface area (Å²) >= 11 is 0. The highest BCUT2D eigenvalue weighted by molar-refractivity contribution is 7.92. The first-order chi connectivity index (χ1) is 18.7. The number of sulfonamides is 1. The molecule has 0 spiro atoms. The van der Waals surface area contributed by atoms with Crippen molar-refractivity contribution < 1.29 is 35.9 Å². The number of halogens is 4. The number of benzene rings is 1. The van der Waals surface area contributed by atoms with E-state index in [2.05, 4.69) is 25.0 Å². The second-order valence-electron chi connectivity index (χ2n) is 9.43. The van der Waals surface area contributed by atoms with Gasteiger partial charge in [-0.3, -0.25) is 4.72 Å². The smallest absolute Gasteiger partial charge is 0.475 e. The summed E-state index contributed by atoms with van der Waals surface area (Å²) in [5, 5.41) is 10.5. The Kier molecular flexibility index (Phi) is 9.84. The molecule has 0 aliphatic heterocycles. The van der Waals surface area contributed by atoms with Gasteiger partial charge < -0.3 is 16.2 Å². The number of anilines is 2. The van der Waals surface area contributed by atoms with Crippen molar-refractivity contribution in [3.05, 3.63) is 41.8 Å². The van der Waals surface area contributed by atoms with E-state index in [0.29, 0.717) is 35.2 Å². The van der Waals surface area contributed by atoms with E-state index in [4.69, 9.17) is 15.6 Å². The van der Waals surface area contributed by atoms with Crippen LogP contribution in [-0.4, -0.2) is 58.5 Å². The molecule has 0 bridgehead atoms. The SMILES string of the molecule is CCCS(=O)(=O)Nc1ccc(-c2cc(C)c3nc(NC4CCC(N)CC4)ncc3n2)cc1F.O=C(O)C(F)(F)F. The number of carboxylic acids is 1. The highest BCUT2D eigenvalue weighted by atomic mass is 32.2. The minimum absolute atomic E-state index is 0.0647. The van der Waals surface area contributed by atoms with Crippen molar-refractivity contribution in [2.45, 2.75) is 64.2 Å². The maximum absolute atomic E-state index is 14.6. The number of rotatable bonds is 7. The van der Waals surface area contributed by atoms with Crippen molar-refractivity contribution in [2.24, 2.45) is 5.73 Å². The van der Waals surface area contributed by atoms with E-state index in [0.717, 1.165) is 36.8 Å². The number of aliphatic carboxylic acids is 1. The molecule has 15 heteroatoms. The number of carbonyl (C=O) groups is 1. The lowest BCUT2D eigenvalue weighted by Gasteiger charge is -2.26. The molecule has 3 aromatic rings. The van der Waals surface area contributed by atoms with E-state index in [1.54, 1.807) is 19.2 Å². The first kappa shape index (κ1) is 30.9. The Balaban J connectivity index is 0.000000559. The molecule has 40 heavy (non-hydrogen) atoms. The van der Waals surface area contributed by atoms with Gasteiger partial charge in [0, 0.05) is 17.6 Å². The second kappa shape index (κ2) is 12.7. The number of hydrogen-bond acceptors (Lipinski definition) is 8. The van der Waals surface area contributed by atoms with Gasteiger partial charge in [0.2, 0.25) is 16.0 Å². The van der Waals surface area contributed by atoms with Gasteiger partial charge in [-0.25, -0.2) is 32.6 Å². The summed E-state index contributed by atoms with van der Waals surface area (Å²) in [5.41, 5.74) is 9.23. The summed E-state index contributed by atoms with van der Waals surface area (Å²) in [5.74, 6) is -2.91. The lowest BCUT2D eigenvalue weighted by molar-refractivity contribution is -0.192. The molecule has 1 fully saturated rings. The predicted octanol–water partition coefficient (Wildman–Crippen LogP) is 4.61. The van der Waals surface area contributed by atoms with E-state index < -0.39 is 28.0 Å². The number of fused-ring (bicyclic) bond motifs is 1. The number of alkyl halides is 3. The van der Waals surface area contributed by atoms with Gasteiger partial charge in [0.1, 0.15) is 11.3 Å². The van der Waals surface area contributed by atoms with E-state index in [1.807, 2.05) is 13.0 Å². The molecule has 2 aromatic heterocycles. The zero-order valence-electron chi connectivity index (χ0n) is 21.8. The standard InChI is InChI=1S/C23H29FN6O2S.C2HF3O2/c1-3-10-33(31,32)30-19-9-4-15(12-18(19)24)20-11-14(2)22-21(28-20)13-26-23(29-22)27-17-7-5-16(25)6-8-17;3-2(4,5)1(6)7/h4,9,11-13,16-17,30H,3,5-8,10,25H2,1-2H3,(H,26,27,29);(H,6,7). The van der Waals surface area contributed by atoms with Gasteiger partial charge in [0.15, 0.2) is 0 Å². The van der Waals surface area contributed by atoms with E-state index in [-0.39, 0.29) is 17.5 Å². The lowest BCUT2D eigenvalue weighted by atomic mass is 9.92. The molecule has 0 atom stereocenters. The number of nitrogens with two attached hydrogens (primary N) is 1. The molecular formula is C25H30F4N6O4S. The normalized spacial score (nSPS) is 17.6. The van der Waals surface area contributed by atoms with Crippen LogP contribution in [0.5, 0.6) is 0 Å². The van der Waals surface area contributed by atoms with Gasteiger partial charge in [0.05, 0.1) is 28.8 Å². The van der Waals surface area contributed by atoms with Crippen LogP contribution in [0.3, 0.4) is 0 Å². The molecule has 5 N–H and O–H groups in total. The minimum Gasteiger partial charge on any atom is -0.475 e. The molecule has 0 saturated heterocycles. The maximum atomic E-state index is 14.6. The Labute approximate surface area is 228 Å². The van der Waals surface area contributed by atoms with Gasteiger partial charge >= 0.3 is 12.1 Å². The average Bonchev–Trinajstić information content (AvgIpc) is 2.86. The van der Waals surface area contributed by atoms with Crippen molar-refractivity contribution in [1.29, 1.82) is 0 Å². The second-order valence-corrected chi connectivity index (χ2v) is 11.3. The Morgan fingerprint density at radius 2 is 1.80 bits per heavy atom. The van der Waals surface area contributed by atoms with Gasteiger partial charge in [-0.05, 0) is 62.8 Å². The van der Waals surface area contributed by atoms with Crippen LogP contribution < -0.4 is 15.8 Å². The average molecular weight is 587 g/mol. The maximum Gasteiger partial charge on any atom is 0.490 e. The van der Waals surface area contributed by atoms with Crippen molar-refractivity contribution in [3.63, 3.8) is 0 Å². The molecule has 0 amide bonds. The highest BCUT2D eigenvalue weighted by Gasteiger charge is 2.38. The van der Waals surface area contributed by atoms with Crippen molar-refractivity contribution >= 4 is 38.7 Å². The quantitative estimate of drug-likeness (QED) is 0.290.